The molecule has 0 saturated carbocycles. The molecule has 1 unspecified atom stereocenters. The standard InChI is InChI=1S/C46H56N14O17P2S/c1-22(2)30(55-27(61)7-5-4-6-14-58-28(62)12-13-29(58)63)41(66)53-23(3)40(65)54-25-10-8-24(9-11-25)16-80-79(70)72-15-26-33(64)34(43(74-26)60-21-52-32-39(60)56-45(48)57-42(32)67)76-78(68,69)73-18-46-17-71-35(36(46)77-79)44(75-46)59-20-51-31-37(47)49-19-50-38(31)59/h8-13,19-23,26,30,33-36,43-44,64H,4-7,14-18H2,1-3H3,(H,53,66)(H,54,65)(H,55,61)(H,68,69)(H2,47,49,50)(H3,48,56,57,67)/t23-,26+,30-,33+,34+,35+,36-,43+,44+,46+,79-/m0/s1. The molecule has 5 aliphatic heterocycles. The van der Waals surface area contributed by atoms with Gasteiger partial charge in [0.15, 0.2) is 35.1 Å². The minimum Gasteiger partial charge on any atom is -0.387 e. The van der Waals surface area contributed by atoms with Crippen LogP contribution in [-0.4, -0.2) is 158 Å². The van der Waals surface area contributed by atoms with Gasteiger partial charge in [0.05, 0.1) is 32.5 Å². The highest BCUT2D eigenvalue weighted by atomic mass is 32.7. The van der Waals surface area contributed by atoms with E-state index in [1.54, 1.807) is 38.1 Å². The third-order valence-corrected chi connectivity index (χ3v) is 18.5. The summed E-state index contributed by atoms with van der Waals surface area (Å²) in [4.78, 5) is 111. The average Bonchev–Trinajstić information content (AvgIpc) is 4.34. The number of aliphatic hydroxyl groups excluding tert-OH is 1. The number of imide groups is 1. The van der Waals surface area contributed by atoms with E-state index < -0.39 is 106 Å². The molecular weight excluding hydrogens is 1110 g/mol. The number of phosphoric acid groups is 1. The largest absolute Gasteiger partial charge is 0.472 e. The van der Waals surface area contributed by atoms with E-state index >= 15 is 4.57 Å². The van der Waals surface area contributed by atoms with Crippen molar-refractivity contribution in [1.82, 2.24) is 54.6 Å². The van der Waals surface area contributed by atoms with E-state index in [2.05, 4.69) is 45.9 Å². The van der Waals surface area contributed by atoms with E-state index in [4.69, 9.17) is 43.8 Å². The van der Waals surface area contributed by atoms with Crippen LogP contribution in [-0.2, 0) is 71.2 Å². The molecule has 10 N–H and O–H groups in total. The number of ether oxygens (including phenoxy) is 3. The number of carbonyl (C=O) groups excluding carboxylic acids is 5. The van der Waals surface area contributed by atoms with Gasteiger partial charge in [0, 0.05) is 36.6 Å². The van der Waals surface area contributed by atoms with Gasteiger partial charge in [-0.05, 0) is 54.8 Å². The fourth-order valence-electron chi connectivity index (χ4n) is 9.65. The summed E-state index contributed by atoms with van der Waals surface area (Å²) in [6.45, 7) is -1.04. The van der Waals surface area contributed by atoms with E-state index in [1.807, 2.05) is 0 Å². The third kappa shape index (κ3) is 11.7. The Morgan fingerprint density at radius 1 is 0.875 bits per heavy atom. The maximum Gasteiger partial charge on any atom is 0.472 e. The van der Waals surface area contributed by atoms with Crippen LogP contribution in [0.4, 0.5) is 17.5 Å². The molecule has 4 saturated heterocycles. The number of hydrogen-bond donors (Lipinski definition) is 8. The highest BCUT2D eigenvalue weighted by Crippen LogP contribution is 2.66. The molecule has 12 atom stereocenters. The first-order valence-corrected chi connectivity index (χ1v) is 29.8. The summed E-state index contributed by atoms with van der Waals surface area (Å²) in [5.41, 5.74) is 10.5. The van der Waals surface area contributed by atoms with Crippen LogP contribution >= 0.6 is 26.0 Å². The molecule has 34 heteroatoms. The number of nitrogens with one attached hydrogen (secondary N) is 4. The summed E-state index contributed by atoms with van der Waals surface area (Å²) in [7, 11) is -5.22. The van der Waals surface area contributed by atoms with Gasteiger partial charge < -0.3 is 51.6 Å². The number of amides is 5. The Morgan fingerprint density at radius 3 is 2.34 bits per heavy atom. The fourth-order valence-corrected chi connectivity index (χ4v) is 14.0. The molecule has 4 fully saturated rings. The van der Waals surface area contributed by atoms with Crippen LogP contribution in [0.1, 0.15) is 64.5 Å². The molecular formula is C46H56N14O17P2S. The number of benzene rings is 1. The lowest BCUT2D eigenvalue weighted by Gasteiger charge is -2.32. The molecule has 9 heterocycles. The zero-order valence-corrected chi connectivity index (χ0v) is 45.5. The highest BCUT2D eigenvalue weighted by Gasteiger charge is 2.66. The van der Waals surface area contributed by atoms with Gasteiger partial charge in [0.25, 0.3) is 17.4 Å². The van der Waals surface area contributed by atoms with Gasteiger partial charge in [-0.25, -0.2) is 29.1 Å². The molecule has 10 rings (SSSR count). The van der Waals surface area contributed by atoms with Crippen LogP contribution in [0.5, 0.6) is 0 Å². The number of imidazole rings is 2. The molecule has 31 nitrogen and oxygen atoms in total. The minimum absolute atomic E-state index is 0.0516. The van der Waals surface area contributed by atoms with Crippen LogP contribution < -0.4 is 33.0 Å². The van der Waals surface area contributed by atoms with Crippen LogP contribution in [0, 0.1) is 5.92 Å². The SMILES string of the molecule is CC(C)[C@H](NC(=O)CCCCCN1C(=O)C=CC1=O)C(=O)N[C@@H](C)C(=O)Nc1ccc(CS[P@@]2(=O)OC[C@H]3O[C@@H](n4cnc5c(=O)[nH]c(N)nc54)[C@H](OP(=O)(O)OC[C@@]45CO[C@@H]([C@H](n6cnc7c(N)ncnc76)O4)[C@@H]5O2)[C@@H]3O)cc1. The number of aliphatic hydroxyl groups is 1. The summed E-state index contributed by atoms with van der Waals surface area (Å²) in [5, 5.41) is 19.9. The second-order valence-electron chi connectivity index (χ2n) is 19.8. The van der Waals surface area contributed by atoms with Crippen LogP contribution in [0.3, 0.4) is 0 Å². The van der Waals surface area contributed by atoms with E-state index in [0.29, 0.717) is 30.5 Å². The third-order valence-electron chi connectivity index (χ3n) is 13.9. The van der Waals surface area contributed by atoms with Crippen molar-refractivity contribution in [3.63, 3.8) is 0 Å². The van der Waals surface area contributed by atoms with E-state index in [9.17, 15) is 43.3 Å². The molecule has 5 aliphatic rings. The van der Waals surface area contributed by atoms with Crippen molar-refractivity contribution in [3.05, 3.63) is 71.3 Å². The zero-order valence-electron chi connectivity index (χ0n) is 42.9. The molecule has 5 amide bonds. The van der Waals surface area contributed by atoms with Gasteiger partial charge in [0.2, 0.25) is 23.7 Å². The van der Waals surface area contributed by atoms with Gasteiger partial charge in [-0.1, -0.05) is 32.4 Å². The predicted octanol–water partition coefficient (Wildman–Crippen LogP) is 1.08. The number of anilines is 3. The monoisotopic (exact) mass is 1170 g/mol. The van der Waals surface area contributed by atoms with E-state index in [0.717, 1.165) is 22.6 Å². The van der Waals surface area contributed by atoms with Crippen LogP contribution in [0.15, 0.2) is 60.2 Å². The second kappa shape index (κ2) is 22.8. The van der Waals surface area contributed by atoms with Crippen LogP contribution in [0.25, 0.3) is 22.3 Å². The summed E-state index contributed by atoms with van der Waals surface area (Å²) < 4.78 is 74.8. The number of fused-ring (bicyclic) bond motifs is 4. The van der Waals surface area contributed by atoms with Gasteiger partial charge >= 0.3 is 14.6 Å². The number of phosphoric ester groups is 1. The number of carbonyl (C=O) groups is 5. The van der Waals surface area contributed by atoms with Crippen molar-refractivity contribution < 1.29 is 75.4 Å². The van der Waals surface area contributed by atoms with Gasteiger partial charge in [-0.3, -0.25) is 65.9 Å². The molecule has 80 heavy (non-hydrogen) atoms. The minimum atomic E-state index is -5.22. The Bertz CT molecular complexity index is 3400. The summed E-state index contributed by atoms with van der Waals surface area (Å²) in [6, 6.07) is 4.43. The normalized spacial score (nSPS) is 29.3. The first-order chi connectivity index (χ1) is 38.1. The predicted molar refractivity (Wildman–Crippen MR) is 279 cm³/mol. The number of rotatable bonds is 17. The molecule has 428 valence electrons. The van der Waals surface area contributed by atoms with Gasteiger partial charge in [-0.15, -0.1) is 0 Å². The lowest BCUT2D eigenvalue weighted by molar-refractivity contribution is -0.184. The Hall–Kier alpha value is -6.54. The molecule has 0 radical (unpaired) electrons. The maximum absolute atomic E-state index is 15.4. The Kier molecular flexibility index (Phi) is 16.1. The highest BCUT2D eigenvalue weighted by molar-refractivity contribution is 8.54. The number of nitrogen functional groups attached to an aromatic ring is 2. The fraction of sp³-hybridized carbons (Fsp3) is 0.500. The second-order valence-corrected chi connectivity index (χ2v) is 25.2. The molecule has 4 aromatic heterocycles. The topological polar surface area (TPSA) is 423 Å². The molecule has 0 aliphatic carbocycles. The number of aromatic amines is 1. The molecule has 4 bridgehead atoms. The van der Waals surface area contributed by atoms with Crippen molar-refractivity contribution in [2.45, 2.75) is 113 Å². The van der Waals surface area contributed by atoms with E-state index in [1.165, 1.54) is 40.9 Å². The molecule has 5 aromatic rings. The lowest BCUT2D eigenvalue weighted by Crippen LogP contribution is -2.53. The van der Waals surface area contributed by atoms with Crippen molar-refractivity contribution >= 4 is 95.3 Å². The van der Waals surface area contributed by atoms with Gasteiger partial charge in [0.1, 0.15) is 60.0 Å². The number of unbranched alkanes of at least 4 members (excludes halogenated alkanes) is 2. The van der Waals surface area contributed by atoms with Crippen molar-refractivity contribution in [1.29, 1.82) is 0 Å². The van der Waals surface area contributed by atoms with Crippen LogP contribution in [0.2, 0.25) is 0 Å². The quantitative estimate of drug-likeness (QED) is 0.0367. The Labute approximate surface area is 457 Å². The number of nitrogens with two attached hydrogens (primary N) is 2. The zero-order chi connectivity index (χ0) is 56.8. The number of nitrogens with zero attached hydrogens (tertiary/aromatic N) is 8. The number of aromatic nitrogens is 8. The summed E-state index contributed by atoms with van der Waals surface area (Å²) in [5.74, 6) is -2.85. The smallest absolute Gasteiger partial charge is 0.387 e. The van der Waals surface area contributed by atoms with Crippen molar-refractivity contribution in [2.24, 2.45) is 5.92 Å². The average molecular weight is 1170 g/mol. The first kappa shape index (κ1) is 56.7. The lowest BCUT2D eigenvalue weighted by atomic mass is 10.0. The molecule has 1 aromatic carbocycles. The van der Waals surface area contributed by atoms with Gasteiger partial charge in [-0.2, -0.15) is 4.98 Å². The molecule has 0 spiro atoms. The summed E-state index contributed by atoms with van der Waals surface area (Å²) >= 11 is 0.734. The Balaban J connectivity index is 0.823. The number of hydrogen-bond acceptors (Lipinski definition) is 24. The maximum atomic E-state index is 15.4. The Morgan fingerprint density at radius 2 is 1.60 bits per heavy atom. The first-order valence-electron chi connectivity index (χ1n) is 25.2. The summed E-state index contributed by atoms with van der Waals surface area (Å²) in [6.07, 6.45) is -2.26. The van der Waals surface area contributed by atoms with Crippen molar-refractivity contribution in [3.8, 4) is 0 Å². The number of H-pyrrole nitrogens is 1. The van der Waals surface area contributed by atoms with Crippen molar-refractivity contribution in [2.75, 3.05) is 43.1 Å². The van der Waals surface area contributed by atoms with E-state index in [-0.39, 0.29) is 83.1 Å².